The van der Waals surface area contributed by atoms with Crippen LogP contribution in [0.15, 0.2) is 24.7 Å². The van der Waals surface area contributed by atoms with Crippen LogP contribution in [-0.4, -0.2) is 32.7 Å². The van der Waals surface area contributed by atoms with Crippen molar-refractivity contribution in [3.8, 4) is 11.3 Å². The maximum atomic E-state index is 4.38. The number of hydrogen-bond acceptors (Lipinski definition) is 4. The molecule has 2 N–H and O–H groups in total. The molecule has 31 heavy (non-hydrogen) atoms. The summed E-state index contributed by atoms with van der Waals surface area (Å²) >= 11 is 2.04. The van der Waals surface area contributed by atoms with Crippen LogP contribution < -0.4 is 5.32 Å². The van der Waals surface area contributed by atoms with Gasteiger partial charge in [0.1, 0.15) is 6.33 Å². The van der Waals surface area contributed by atoms with Crippen LogP contribution in [0, 0.1) is 18.8 Å². The molecule has 4 aromatic heterocycles. The van der Waals surface area contributed by atoms with E-state index in [1.165, 1.54) is 65.8 Å². The molecule has 3 atom stereocenters. The smallest absolute Gasteiger partial charge is 0.158 e. The van der Waals surface area contributed by atoms with E-state index in [-0.39, 0.29) is 0 Å². The molecular weight excluding hydrogens is 402 g/mol. The van der Waals surface area contributed by atoms with Crippen LogP contribution >= 0.6 is 11.3 Å². The Bertz CT molecular complexity index is 1250. The number of aromatic nitrogens is 4. The molecule has 1 saturated heterocycles. The topological polar surface area (TPSA) is 58.0 Å². The largest absolute Gasteiger partial charge is 0.354 e. The number of aryl methyl sites for hydroxylation is 1. The van der Waals surface area contributed by atoms with Gasteiger partial charge in [0.25, 0.3) is 0 Å². The van der Waals surface area contributed by atoms with Crippen molar-refractivity contribution in [2.75, 3.05) is 13.1 Å². The van der Waals surface area contributed by atoms with Crippen LogP contribution in [0.25, 0.3) is 27.1 Å². The summed E-state index contributed by atoms with van der Waals surface area (Å²) < 4.78 is 3.34. The third kappa shape index (κ3) is 3.23. The Hall–Kier alpha value is -2.18. The van der Waals surface area contributed by atoms with Gasteiger partial charge in [0, 0.05) is 16.6 Å². The minimum absolute atomic E-state index is 0.460. The van der Waals surface area contributed by atoms with Crippen LogP contribution in [-0.2, 0) is 0 Å². The number of thiophene rings is 1. The normalized spacial score (nSPS) is 24.3. The lowest BCUT2D eigenvalue weighted by Gasteiger charge is -2.39. The Morgan fingerprint density at radius 2 is 2.06 bits per heavy atom. The summed E-state index contributed by atoms with van der Waals surface area (Å²) in [6, 6.07) is 4.70. The zero-order valence-electron chi connectivity index (χ0n) is 18.6. The molecule has 4 aromatic rings. The Kier molecular flexibility index (Phi) is 4.69. The Morgan fingerprint density at radius 3 is 2.94 bits per heavy atom. The van der Waals surface area contributed by atoms with Gasteiger partial charge < -0.3 is 10.3 Å². The molecule has 5 heterocycles. The van der Waals surface area contributed by atoms with Crippen LogP contribution in [0.2, 0.25) is 0 Å². The molecule has 0 bridgehead atoms. The average molecular weight is 434 g/mol. The van der Waals surface area contributed by atoms with Gasteiger partial charge in [0.15, 0.2) is 5.65 Å². The van der Waals surface area contributed by atoms with Crippen molar-refractivity contribution in [2.45, 2.75) is 58.3 Å². The predicted molar refractivity (Wildman–Crippen MR) is 128 cm³/mol. The second kappa shape index (κ2) is 7.45. The zero-order chi connectivity index (χ0) is 21.1. The van der Waals surface area contributed by atoms with E-state index < -0.39 is 0 Å². The first-order valence-corrected chi connectivity index (χ1v) is 12.6. The van der Waals surface area contributed by atoms with Gasteiger partial charge in [-0.05, 0) is 92.6 Å². The van der Waals surface area contributed by atoms with E-state index in [2.05, 4.69) is 59.5 Å². The van der Waals surface area contributed by atoms with Crippen LogP contribution in [0.4, 0.5) is 0 Å². The van der Waals surface area contributed by atoms with Crippen molar-refractivity contribution in [3.63, 3.8) is 0 Å². The van der Waals surface area contributed by atoms with E-state index >= 15 is 0 Å². The third-order valence-electron chi connectivity index (χ3n) is 7.59. The molecule has 0 radical (unpaired) electrons. The van der Waals surface area contributed by atoms with Crippen molar-refractivity contribution >= 4 is 27.2 Å². The predicted octanol–water partition coefficient (Wildman–Crippen LogP) is 5.86. The second-order valence-electron chi connectivity index (χ2n) is 9.92. The summed E-state index contributed by atoms with van der Waals surface area (Å²) in [6.45, 7) is 9.18. The number of piperidine rings is 1. The van der Waals surface area contributed by atoms with Crippen molar-refractivity contribution in [1.29, 1.82) is 0 Å². The van der Waals surface area contributed by atoms with E-state index in [0.717, 1.165) is 29.0 Å². The summed E-state index contributed by atoms with van der Waals surface area (Å²) in [5.74, 6) is 3.02. The number of rotatable bonds is 3. The Balaban J connectivity index is 1.39. The maximum Gasteiger partial charge on any atom is 0.158 e. The van der Waals surface area contributed by atoms with E-state index in [4.69, 9.17) is 0 Å². The van der Waals surface area contributed by atoms with E-state index in [1.54, 1.807) is 11.2 Å². The SMILES string of the molecule is Cc1cc(-c2[nH]c3cc(C4CCC5CNCCC5C4)sc3c2C(C)C)cn2ncnc12. The lowest BCUT2D eigenvalue weighted by molar-refractivity contribution is 0.170. The van der Waals surface area contributed by atoms with Crippen molar-refractivity contribution in [2.24, 2.45) is 11.8 Å². The highest BCUT2D eigenvalue weighted by Crippen LogP contribution is 2.47. The molecule has 6 heteroatoms. The standard InChI is InChI=1S/C25H31N5S/c1-14(2)22-23(19-8-15(3)25-27-13-28-30(25)12-19)29-20-10-21(31-24(20)22)17-4-5-18-11-26-7-6-16(18)9-17/h8,10,12-14,16-18,26,29H,4-7,9,11H2,1-3H3. The van der Waals surface area contributed by atoms with Crippen LogP contribution in [0.1, 0.15) is 67.4 Å². The first-order valence-electron chi connectivity index (χ1n) is 11.7. The summed E-state index contributed by atoms with van der Waals surface area (Å²) in [5, 5.41) is 7.98. The quantitative estimate of drug-likeness (QED) is 0.425. The lowest BCUT2D eigenvalue weighted by atomic mass is 9.71. The lowest BCUT2D eigenvalue weighted by Crippen LogP contribution is -2.39. The number of aromatic amines is 1. The monoisotopic (exact) mass is 433 g/mol. The highest BCUT2D eigenvalue weighted by Gasteiger charge is 2.33. The van der Waals surface area contributed by atoms with Gasteiger partial charge in [-0.2, -0.15) is 5.10 Å². The van der Waals surface area contributed by atoms with Gasteiger partial charge in [0.2, 0.25) is 0 Å². The fourth-order valence-corrected chi connectivity index (χ4v) is 7.47. The Labute approximate surface area is 187 Å². The third-order valence-corrected chi connectivity index (χ3v) is 8.92. The number of hydrogen-bond donors (Lipinski definition) is 2. The number of nitrogens with one attached hydrogen (secondary N) is 2. The molecule has 0 aromatic carbocycles. The summed E-state index contributed by atoms with van der Waals surface area (Å²) in [5.41, 5.74) is 7.27. The molecule has 2 aliphatic rings. The summed E-state index contributed by atoms with van der Waals surface area (Å²) in [4.78, 5) is 9.77. The molecule has 1 aliphatic heterocycles. The first-order chi connectivity index (χ1) is 15.1. The number of H-pyrrole nitrogens is 1. The van der Waals surface area contributed by atoms with Crippen molar-refractivity contribution in [1.82, 2.24) is 24.9 Å². The Morgan fingerprint density at radius 1 is 1.16 bits per heavy atom. The molecule has 0 spiro atoms. The van der Waals surface area contributed by atoms with Crippen LogP contribution in [0.5, 0.6) is 0 Å². The van der Waals surface area contributed by atoms with Gasteiger partial charge >= 0.3 is 0 Å². The van der Waals surface area contributed by atoms with Gasteiger partial charge in [0.05, 0.1) is 15.9 Å². The molecule has 5 nitrogen and oxygen atoms in total. The molecule has 162 valence electrons. The maximum absolute atomic E-state index is 4.38. The van der Waals surface area contributed by atoms with Gasteiger partial charge in [-0.25, -0.2) is 9.50 Å². The molecule has 1 aliphatic carbocycles. The zero-order valence-corrected chi connectivity index (χ0v) is 19.4. The van der Waals surface area contributed by atoms with Crippen LogP contribution in [0.3, 0.4) is 0 Å². The fraction of sp³-hybridized carbons (Fsp3) is 0.520. The highest BCUT2D eigenvalue weighted by molar-refractivity contribution is 7.19. The van der Waals surface area contributed by atoms with E-state index in [9.17, 15) is 0 Å². The van der Waals surface area contributed by atoms with E-state index in [1.807, 2.05) is 15.9 Å². The molecule has 2 fully saturated rings. The number of fused-ring (bicyclic) bond motifs is 3. The fourth-order valence-electron chi connectivity index (χ4n) is 6.01. The molecule has 3 unspecified atom stereocenters. The molecule has 6 rings (SSSR count). The van der Waals surface area contributed by atoms with Crippen molar-refractivity contribution in [3.05, 3.63) is 40.7 Å². The molecule has 0 amide bonds. The number of nitrogens with zero attached hydrogens (tertiary/aromatic N) is 3. The minimum Gasteiger partial charge on any atom is -0.354 e. The number of pyridine rings is 1. The first kappa shape index (κ1) is 19.5. The van der Waals surface area contributed by atoms with Gasteiger partial charge in [-0.3, -0.25) is 0 Å². The van der Waals surface area contributed by atoms with Gasteiger partial charge in [-0.15, -0.1) is 11.3 Å². The second-order valence-corrected chi connectivity index (χ2v) is 11.0. The van der Waals surface area contributed by atoms with E-state index in [0.29, 0.717) is 5.92 Å². The summed E-state index contributed by atoms with van der Waals surface area (Å²) in [6.07, 6.45) is 9.20. The minimum atomic E-state index is 0.460. The van der Waals surface area contributed by atoms with Gasteiger partial charge in [-0.1, -0.05) is 13.8 Å². The van der Waals surface area contributed by atoms with Crippen molar-refractivity contribution < 1.29 is 0 Å². The summed E-state index contributed by atoms with van der Waals surface area (Å²) in [7, 11) is 0. The highest BCUT2D eigenvalue weighted by atomic mass is 32.1. The molecular formula is C25H31N5S. The molecule has 1 saturated carbocycles. The average Bonchev–Trinajstić information content (AvgIpc) is 3.47.